The maximum absolute atomic E-state index is 12.8. The summed E-state index contributed by atoms with van der Waals surface area (Å²) in [5.41, 5.74) is 0.589. The van der Waals surface area contributed by atoms with Gasteiger partial charge >= 0.3 is 6.03 Å². The molecule has 2 fully saturated rings. The van der Waals surface area contributed by atoms with Crippen LogP contribution in [0.2, 0.25) is 10.0 Å². The molecule has 2 saturated heterocycles. The molecule has 1 aromatic rings. The van der Waals surface area contributed by atoms with Crippen molar-refractivity contribution in [3.05, 3.63) is 28.2 Å². The van der Waals surface area contributed by atoms with Crippen molar-refractivity contribution >= 4 is 40.8 Å². The van der Waals surface area contributed by atoms with Crippen molar-refractivity contribution in [2.45, 2.75) is 32.6 Å². The van der Waals surface area contributed by atoms with E-state index in [4.69, 9.17) is 23.2 Å². The second kappa shape index (κ2) is 10.5. The minimum Gasteiger partial charge on any atom is -0.341 e. The number of piperidine rings is 1. The number of hydrogen-bond donors (Lipinski definition) is 1. The molecule has 1 atom stereocenters. The van der Waals surface area contributed by atoms with E-state index < -0.39 is 0 Å². The van der Waals surface area contributed by atoms with E-state index in [1.165, 1.54) is 32.4 Å². The van der Waals surface area contributed by atoms with Crippen molar-refractivity contribution in [2.24, 2.45) is 5.92 Å². The van der Waals surface area contributed by atoms with Gasteiger partial charge in [0.15, 0.2) is 0 Å². The fraction of sp³-hybridized carbons (Fsp3) is 0.619. The Kier molecular flexibility index (Phi) is 8.04. The average molecular weight is 441 g/mol. The van der Waals surface area contributed by atoms with E-state index in [1.807, 2.05) is 11.8 Å². The second-order valence-corrected chi connectivity index (χ2v) is 8.80. The molecule has 1 N–H and O–H groups in total. The lowest BCUT2D eigenvalue weighted by Crippen LogP contribution is -2.39. The molecule has 0 bridgehead atoms. The van der Waals surface area contributed by atoms with Gasteiger partial charge in [0, 0.05) is 31.9 Å². The number of urea groups is 1. The third-order valence-electron chi connectivity index (χ3n) is 5.68. The minimum absolute atomic E-state index is 0.133. The molecule has 3 rings (SSSR count). The van der Waals surface area contributed by atoms with Gasteiger partial charge in [0.2, 0.25) is 5.91 Å². The smallest absolute Gasteiger partial charge is 0.321 e. The normalized spacial score (nSPS) is 21.2. The Morgan fingerprint density at radius 2 is 1.83 bits per heavy atom. The summed E-state index contributed by atoms with van der Waals surface area (Å²) in [4.78, 5) is 31.6. The van der Waals surface area contributed by atoms with Crippen LogP contribution in [0.4, 0.5) is 10.5 Å². The summed E-state index contributed by atoms with van der Waals surface area (Å²) in [5.74, 6) is -0.0828. The SMILES string of the molecule is CC1CN(C(=O)Nc2ccc(Cl)c(Cl)c2)CCN(CCCN2CCCCC2)C1=O. The molecule has 0 aromatic heterocycles. The van der Waals surface area contributed by atoms with E-state index in [0.29, 0.717) is 35.4 Å². The van der Waals surface area contributed by atoms with Crippen LogP contribution < -0.4 is 5.32 Å². The zero-order valence-corrected chi connectivity index (χ0v) is 18.5. The first-order valence-corrected chi connectivity index (χ1v) is 11.2. The molecule has 160 valence electrons. The van der Waals surface area contributed by atoms with Crippen molar-refractivity contribution in [3.8, 4) is 0 Å². The number of nitrogens with one attached hydrogen (secondary N) is 1. The number of rotatable bonds is 5. The number of carbonyl (C=O) groups excluding carboxylic acids is 2. The number of benzene rings is 1. The number of carbonyl (C=O) groups is 2. The van der Waals surface area contributed by atoms with Crippen molar-refractivity contribution in [2.75, 3.05) is 51.1 Å². The van der Waals surface area contributed by atoms with Crippen LogP contribution in [-0.2, 0) is 4.79 Å². The van der Waals surface area contributed by atoms with Gasteiger partial charge in [-0.3, -0.25) is 4.79 Å². The molecule has 1 aromatic carbocycles. The fourth-order valence-corrected chi connectivity index (χ4v) is 4.31. The van der Waals surface area contributed by atoms with Gasteiger partial charge in [-0.25, -0.2) is 4.79 Å². The highest BCUT2D eigenvalue weighted by Crippen LogP contribution is 2.25. The molecular formula is C21H30Cl2N4O2. The number of anilines is 1. The van der Waals surface area contributed by atoms with Crippen LogP contribution in [0.1, 0.15) is 32.6 Å². The first kappa shape index (κ1) is 22.2. The molecule has 1 unspecified atom stereocenters. The Morgan fingerprint density at radius 1 is 1.07 bits per heavy atom. The van der Waals surface area contributed by atoms with Gasteiger partial charge < -0.3 is 20.0 Å². The lowest BCUT2D eigenvalue weighted by Gasteiger charge is -2.28. The highest BCUT2D eigenvalue weighted by molar-refractivity contribution is 6.42. The molecular weight excluding hydrogens is 411 g/mol. The molecule has 2 aliphatic rings. The summed E-state index contributed by atoms with van der Waals surface area (Å²) < 4.78 is 0. The summed E-state index contributed by atoms with van der Waals surface area (Å²) in [5, 5.41) is 3.69. The van der Waals surface area contributed by atoms with Gasteiger partial charge in [0.25, 0.3) is 0 Å². The predicted molar refractivity (Wildman–Crippen MR) is 118 cm³/mol. The largest absolute Gasteiger partial charge is 0.341 e. The van der Waals surface area contributed by atoms with Gasteiger partial charge in [-0.1, -0.05) is 36.5 Å². The van der Waals surface area contributed by atoms with Crippen molar-refractivity contribution in [1.82, 2.24) is 14.7 Å². The second-order valence-electron chi connectivity index (χ2n) is 7.99. The highest BCUT2D eigenvalue weighted by atomic mass is 35.5. The Bertz CT molecular complexity index is 725. The predicted octanol–water partition coefficient (Wildman–Crippen LogP) is 4.18. The molecule has 8 heteroatoms. The summed E-state index contributed by atoms with van der Waals surface area (Å²) in [6, 6.07) is 4.77. The van der Waals surface area contributed by atoms with Crippen LogP contribution in [0.3, 0.4) is 0 Å². The summed E-state index contributed by atoms with van der Waals surface area (Å²) >= 11 is 12.0. The van der Waals surface area contributed by atoms with Crippen LogP contribution in [0.25, 0.3) is 0 Å². The lowest BCUT2D eigenvalue weighted by atomic mass is 10.1. The summed E-state index contributed by atoms with van der Waals surface area (Å²) in [6.07, 6.45) is 4.87. The lowest BCUT2D eigenvalue weighted by molar-refractivity contribution is -0.134. The quantitative estimate of drug-likeness (QED) is 0.746. The van der Waals surface area contributed by atoms with Gasteiger partial charge in [-0.05, 0) is 57.1 Å². The van der Waals surface area contributed by atoms with E-state index >= 15 is 0 Å². The average Bonchev–Trinajstić information content (AvgIpc) is 2.85. The third-order valence-corrected chi connectivity index (χ3v) is 6.42. The van der Waals surface area contributed by atoms with Crippen LogP contribution >= 0.6 is 23.2 Å². The standard InChI is InChI=1S/C21H30Cl2N4O2/c1-16-15-27(21(29)24-17-6-7-18(22)19(23)14-17)13-12-26(20(16)28)11-5-10-25-8-3-2-4-9-25/h6-7,14,16H,2-5,8-13,15H2,1H3,(H,24,29). The zero-order chi connectivity index (χ0) is 20.8. The molecule has 0 aliphatic carbocycles. The number of hydrogen-bond acceptors (Lipinski definition) is 3. The Hall–Kier alpha value is -1.50. The van der Waals surface area contributed by atoms with E-state index in [-0.39, 0.29) is 17.9 Å². The molecule has 0 saturated carbocycles. The maximum Gasteiger partial charge on any atom is 0.321 e. The van der Waals surface area contributed by atoms with Crippen LogP contribution in [-0.4, -0.2) is 72.5 Å². The van der Waals surface area contributed by atoms with Crippen molar-refractivity contribution < 1.29 is 9.59 Å². The van der Waals surface area contributed by atoms with Crippen LogP contribution in [0, 0.1) is 5.92 Å². The zero-order valence-electron chi connectivity index (χ0n) is 17.0. The summed E-state index contributed by atoms with van der Waals surface area (Å²) in [7, 11) is 0. The molecule has 3 amide bonds. The van der Waals surface area contributed by atoms with Crippen molar-refractivity contribution in [1.29, 1.82) is 0 Å². The van der Waals surface area contributed by atoms with E-state index in [1.54, 1.807) is 23.1 Å². The van der Waals surface area contributed by atoms with Gasteiger partial charge in [-0.15, -0.1) is 0 Å². The first-order valence-electron chi connectivity index (χ1n) is 10.5. The fourth-order valence-electron chi connectivity index (χ4n) is 4.01. The van der Waals surface area contributed by atoms with Gasteiger partial charge in [0.05, 0.1) is 16.0 Å². The van der Waals surface area contributed by atoms with E-state index in [9.17, 15) is 9.59 Å². The van der Waals surface area contributed by atoms with E-state index in [0.717, 1.165) is 19.5 Å². The third kappa shape index (κ3) is 6.24. The van der Waals surface area contributed by atoms with Crippen LogP contribution in [0.5, 0.6) is 0 Å². The maximum atomic E-state index is 12.8. The highest BCUT2D eigenvalue weighted by Gasteiger charge is 2.29. The van der Waals surface area contributed by atoms with E-state index in [2.05, 4.69) is 10.2 Å². The summed E-state index contributed by atoms with van der Waals surface area (Å²) in [6.45, 7) is 7.53. The molecule has 2 aliphatic heterocycles. The molecule has 0 radical (unpaired) electrons. The Morgan fingerprint density at radius 3 is 2.55 bits per heavy atom. The molecule has 29 heavy (non-hydrogen) atoms. The molecule has 0 spiro atoms. The monoisotopic (exact) mass is 440 g/mol. The van der Waals surface area contributed by atoms with Gasteiger partial charge in [-0.2, -0.15) is 0 Å². The first-order chi connectivity index (χ1) is 13.9. The number of halogens is 2. The molecule has 6 nitrogen and oxygen atoms in total. The Balaban J connectivity index is 1.51. The van der Waals surface area contributed by atoms with Gasteiger partial charge in [0.1, 0.15) is 0 Å². The van der Waals surface area contributed by atoms with Crippen molar-refractivity contribution in [3.63, 3.8) is 0 Å². The topological polar surface area (TPSA) is 55.9 Å². The number of amides is 3. The number of likely N-dealkylation sites (tertiary alicyclic amines) is 1. The molecule has 2 heterocycles. The minimum atomic E-state index is -0.224. The van der Waals surface area contributed by atoms with Crippen LogP contribution in [0.15, 0.2) is 18.2 Å². The number of nitrogens with zero attached hydrogens (tertiary/aromatic N) is 3. The Labute approximate surface area is 183 Å².